The molecule has 2 heterocycles. The van der Waals surface area contributed by atoms with Crippen LogP contribution in [0.15, 0.2) is 54.6 Å². The van der Waals surface area contributed by atoms with Gasteiger partial charge in [-0.3, -0.25) is 9.59 Å². The van der Waals surface area contributed by atoms with Gasteiger partial charge in [0.2, 0.25) is 0 Å². The van der Waals surface area contributed by atoms with E-state index in [1.54, 1.807) is 15.9 Å². The minimum Gasteiger partial charge on any atom is -0.335 e. The van der Waals surface area contributed by atoms with E-state index in [0.29, 0.717) is 48.5 Å². The van der Waals surface area contributed by atoms with Crippen LogP contribution in [0.4, 0.5) is 0 Å². The zero-order chi connectivity index (χ0) is 21.3. The van der Waals surface area contributed by atoms with Crippen molar-refractivity contribution in [3.8, 4) is 0 Å². The molecule has 0 unspecified atom stereocenters. The fraction of sp³-hybridized carbons (Fsp3) is 0.292. The molecular weight excluding hydrogens is 398 g/mol. The lowest BCUT2D eigenvalue weighted by atomic mass is 10.0. The second-order valence-corrected chi connectivity index (χ2v) is 8.24. The number of rotatable bonds is 3. The Balaban J connectivity index is 1.43. The summed E-state index contributed by atoms with van der Waals surface area (Å²) in [6.07, 6.45) is 0. The van der Waals surface area contributed by atoms with E-state index in [9.17, 15) is 9.59 Å². The van der Waals surface area contributed by atoms with Gasteiger partial charge in [-0.1, -0.05) is 61.8 Å². The average molecular weight is 422 g/mol. The largest absolute Gasteiger partial charge is 0.335 e. The highest BCUT2D eigenvalue weighted by atomic mass is 35.5. The van der Waals surface area contributed by atoms with Crippen LogP contribution in [0.25, 0.3) is 10.8 Å². The van der Waals surface area contributed by atoms with E-state index in [1.165, 1.54) is 5.56 Å². The van der Waals surface area contributed by atoms with Crippen molar-refractivity contribution < 1.29 is 9.59 Å². The summed E-state index contributed by atoms with van der Waals surface area (Å²) in [6.45, 7) is 6.20. The minimum atomic E-state index is -0.156. The lowest BCUT2D eigenvalue weighted by molar-refractivity contribution is 0.0532. The Hall–Kier alpha value is -2.92. The molecule has 0 aliphatic carbocycles. The number of halogens is 1. The Morgan fingerprint density at radius 3 is 2.13 bits per heavy atom. The van der Waals surface area contributed by atoms with Crippen LogP contribution in [0.5, 0.6) is 0 Å². The summed E-state index contributed by atoms with van der Waals surface area (Å²) in [7, 11) is 0. The molecule has 1 aliphatic heterocycles. The number of amides is 2. The number of nitrogens with zero attached hydrogens (tertiary/aromatic N) is 3. The standard InChI is InChI=1S/C24H24ClN3O2/c1-16(2)17-7-9-18(10-8-17)23(29)27-11-13-28(14-12-27)24(30)21-15-19-5-3-4-6-20(19)22(25)26-21/h3-10,15-16H,11-14H2,1-2H3. The van der Waals surface area contributed by atoms with Crippen molar-refractivity contribution in [1.29, 1.82) is 0 Å². The van der Waals surface area contributed by atoms with Crippen molar-refractivity contribution in [2.75, 3.05) is 26.2 Å². The summed E-state index contributed by atoms with van der Waals surface area (Å²) in [4.78, 5) is 33.6. The van der Waals surface area contributed by atoms with E-state index >= 15 is 0 Å². The fourth-order valence-corrected chi connectivity index (χ4v) is 4.00. The second-order valence-electron chi connectivity index (χ2n) is 7.88. The Morgan fingerprint density at radius 2 is 1.50 bits per heavy atom. The van der Waals surface area contributed by atoms with Gasteiger partial charge in [0.1, 0.15) is 10.8 Å². The highest BCUT2D eigenvalue weighted by Gasteiger charge is 2.26. The number of carbonyl (C=O) groups excluding carboxylic acids is 2. The third-order valence-corrected chi connectivity index (χ3v) is 5.88. The summed E-state index contributed by atoms with van der Waals surface area (Å²) >= 11 is 6.27. The minimum absolute atomic E-state index is 0.00396. The molecule has 2 aromatic carbocycles. The summed E-state index contributed by atoms with van der Waals surface area (Å²) in [5, 5.41) is 2.05. The molecule has 1 fully saturated rings. The quantitative estimate of drug-likeness (QED) is 0.580. The maximum absolute atomic E-state index is 12.9. The van der Waals surface area contributed by atoms with Gasteiger partial charge in [-0.15, -0.1) is 0 Å². The summed E-state index contributed by atoms with van der Waals surface area (Å²) in [6, 6.07) is 17.2. The number of carbonyl (C=O) groups is 2. The molecule has 30 heavy (non-hydrogen) atoms. The number of benzene rings is 2. The SMILES string of the molecule is CC(C)c1ccc(C(=O)N2CCN(C(=O)c3cc4ccccc4c(Cl)n3)CC2)cc1. The third kappa shape index (κ3) is 4.03. The number of pyridine rings is 1. The first-order chi connectivity index (χ1) is 14.4. The van der Waals surface area contributed by atoms with E-state index in [-0.39, 0.29) is 11.8 Å². The Labute approximate surface area is 181 Å². The van der Waals surface area contributed by atoms with Gasteiger partial charge >= 0.3 is 0 Å². The molecule has 3 aromatic rings. The van der Waals surface area contributed by atoms with Crippen LogP contribution in [0.2, 0.25) is 5.15 Å². The van der Waals surface area contributed by atoms with Gasteiger partial charge in [-0.25, -0.2) is 4.98 Å². The van der Waals surface area contributed by atoms with Crippen LogP contribution < -0.4 is 0 Å². The van der Waals surface area contributed by atoms with Crippen LogP contribution in [0.1, 0.15) is 46.2 Å². The zero-order valence-electron chi connectivity index (χ0n) is 17.1. The first kappa shape index (κ1) is 20.4. The molecule has 1 aliphatic rings. The lowest BCUT2D eigenvalue weighted by Crippen LogP contribution is -2.50. The summed E-state index contributed by atoms with van der Waals surface area (Å²) < 4.78 is 0. The fourth-order valence-electron chi connectivity index (χ4n) is 3.73. The van der Waals surface area contributed by atoms with Crippen LogP contribution in [0.3, 0.4) is 0 Å². The normalized spacial score (nSPS) is 14.4. The molecule has 0 spiro atoms. The molecule has 6 heteroatoms. The zero-order valence-corrected chi connectivity index (χ0v) is 17.9. The molecule has 2 amide bonds. The maximum Gasteiger partial charge on any atom is 0.272 e. The Kier molecular flexibility index (Phi) is 5.73. The van der Waals surface area contributed by atoms with Crippen molar-refractivity contribution in [2.45, 2.75) is 19.8 Å². The first-order valence-corrected chi connectivity index (χ1v) is 10.6. The second kappa shape index (κ2) is 8.44. The molecule has 0 bridgehead atoms. The van der Waals surface area contributed by atoms with E-state index in [2.05, 4.69) is 18.8 Å². The molecule has 0 saturated carbocycles. The summed E-state index contributed by atoms with van der Waals surface area (Å²) in [5.74, 6) is 0.279. The highest BCUT2D eigenvalue weighted by Crippen LogP contribution is 2.23. The van der Waals surface area contributed by atoms with Gasteiger partial charge in [-0.05, 0) is 35.1 Å². The molecule has 4 rings (SSSR count). The number of fused-ring (bicyclic) bond motifs is 1. The Morgan fingerprint density at radius 1 is 0.900 bits per heavy atom. The molecular formula is C24H24ClN3O2. The summed E-state index contributed by atoms with van der Waals surface area (Å²) in [5.41, 5.74) is 2.23. The van der Waals surface area contributed by atoms with E-state index < -0.39 is 0 Å². The van der Waals surface area contributed by atoms with Gasteiger partial charge in [-0.2, -0.15) is 0 Å². The molecule has 0 radical (unpaired) electrons. The molecule has 0 N–H and O–H groups in total. The first-order valence-electron chi connectivity index (χ1n) is 10.2. The Bertz CT molecular complexity index is 1090. The molecule has 5 nitrogen and oxygen atoms in total. The van der Waals surface area contributed by atoms with E-state index in [1.807, 2.05) is 48.5 Å². The van der Waals surface area contributed by atoms with Gasteiger partial charge in [0, 0.05) is 37.1 Å². The molecule has 1 aromatic heterocycles. The van der Waals surface area contributed by atoms with Crippen molar-refractivity contribution in [1.82, 2.24) is 14.8 Å². The topological polar surface area (TPSA) is 53.5 Å². The number of hydrogen-bond donors (Lipinski definition) is 0. The van der Waals surface area contributed by atoms with Crippen molar-refractivity contribution >= 4 is 34.2 Å². The average Bonchev–Trinajstić information content (AvgIpc) is 2.78. The van der Waals surface area contributed by atoms with Gasteiger partial charge in [0.25, 0.3) is 11.8 Å². The van der Waals surface area contributed by atoms with Crippen molar-refractivity contribution in [3.63, 3.8) is 0 Å². The third-order valence-electron chi connectivity index (χ3n) is 5.59. The smallest absolute Gasteiger partial charge is 0.272 e. The molecule has 154 valence electrons. The van der Waals surface area contributed by atoms with Crippen LogP contribution in [0, 0.1) is 0 Å². The predicted molar refractivity (Wildman–Crippen MR) is 119 cm³/mol. The maximum atomic E-state index is 12.9. The number of hydrogen-bond acceptors (Lipinski definition) is 3. The van der Waals surface area contributed by atoms with Gasteiger partial charge in [0.15, 0.2) is 0 Å². The van der Waals surface area contributed by atoms with Crippen molar-refractivity contribution in [3.05, 3.63) is 76.6 Å². The van der Waals surface area contributed by atoms with E-state index in [0.717, 1.165) is 10.8 Å². The molecule has 0 atom stereocenters. The van der Waals surface area contributed by atoms with E-state index in [4.69, 9.17) is 11.6 Å². The van der Waals surface area contributed by atoms with Crippen LogP contribution in [-0.4, -0.2) is 52.8 Å². The number of piperazine rings is 1. The van der Waals surface area contributed by atoms with Crippen LogP contribution >= 0.6 is 11.6 Å². The number of aromatic nitrogens is 1. The van der Waals surface area contributed by atoms with Crippen LogP contribution in [-0.2, 0) is 0 Å². The van der Waals surface area contributed by atoms with Crippen molar-refractivity contribution in [2.24, 2.45) is 0 Å². The van der Waals surface area contributed by atoms with Gasteiger partial charge < -0.3 is 9.80 Å². The monoisotopic (exact) mass is 421 g/mol. The highest BCUT2D eigenvalue weighted by molar-refractivity contribution is 6.34. The van der Waals surface area contributed by atoms with Gasteiger partial charge in [0.05, 0.1) is 0 Å². The lowest BCUT2D eigenvalue weighted by Gasteiger charge is -2.34. The molecule has 1 saturated heterocycles. The predicted octanol–water partition coefficient (Wildman–Crippen LogP) is 4.61.